The summed E-state index contributed by atoms with van der Waals surface area (Å²) in [6.45, 7) is 7.25. The van der Waals surface area contributed by atoms with E-state index >= 15 is 0 Å². The molecule has 0 aromatic heterocycles. The van der Waals surface area contributed by atoms with Crippen molar-refractivity contribution in [1.82, 2.24) is 4.90 Å². The van der Waals surface area contributed by atoms with E-state index in [0.717, 1.165) is 17.7 Å². The molecule has 1 heterocycles. The second-order valence-corrected chi connectivity index (χ2v) is 6.48. The maximum atomic E-state index is 12.4. The van der Waals surface area contributed by atoms with Gasteiger partial charge >= 0.3 is 0 Å². The number of likely N-dealkylation sites (tertiary alicyclic amines) is 1. The smallest absolute Gasteiger partial charge is 0.253 e. The maximum absolute atomic E-state index is 12.4. The summed E-state index contributed by atoms with van der Waals surface area (Å²) in [5, 5.41) is 2.90. The highest BCUT2D eigenvalue weighted by Gasteiger charge is 2.24. The van der Waals surface area contributed by atoms with E-state index in [1.54, 1.807) is 17.0 Å². The number of nitrogens with one attached hydrogen (secondary N) is 1. The number of nitrogens with zero attached hydrogens (tertiary/aromatic N) is 1. The quantitative estimate of drug-likeness (QED) is 0.885. The third kappa shape index (κ3) is 5.22. The lowest BCUT2D eigenvalue weighted by Crippen LogP contribution is -2.31. The molecule has 1 saturated heterocycles. The Morgan fingerprint density at radius 3 is 2.61 bits per heavy atom. The molecular weight excluding hydrogens is 314 g/mol. The molecule has 1 atom stereocenters. The normalized spacial score (nSPS) is 17.1. The summed E-state index contributed by atoms with van der Waals surface area (Å²) in [7, 11) is 0. The van der Waals surface area contributed by atoms with Crippen LogP contribution in [0.5, 0.6) is 0 Å². The van der Waals surface area contributed by atoms with Crippen molar-refractivity contribution in [3.8, 4) is 0 Å². The number of carbonyl (C=O) groups is 2. The largest absolute Gasteiger partial charge is 0.337 e. The number of anilines is 1. The van der Waals surface area contributed by atoms with E-state index in [2.05, 4.69) is 5.32 Å². The van der Waals surface area contributed by atoms with Crippen molar-refractivity contribution in [3.63, 3.8) is 0 Å². The first-order valence-corrected chi connectivity index (χ1v) is 7.82. The van der Waals surface area contributed by atoms with Crippen LogP contribution in [-0.4, -0.2) is 35.8 Å². The number of amides is 2. The minimum atomic E-state index is 0. The third-order valence-electron chi connectivity index (χ3n) is 3.85. The first kappa shape index (κ1) is 19.5. The number of rotatable bonds is 4. The first-order chi connectivity index (χ1) is 10.4. The lowest BCUT2D eigenvalue weighted by molar-refractivity contribution is -0.116. The zero-order valence-electron chi connectivity index (χ0n) is 14.0. The molecule has 1 aromatic rings. The summed E-state index contributed by atoms with van der Waals surface area (Å²) in [6.07, 6.45) is 1.35. The minimum Gasteiger partial charge on any atom is -0.337 e. The molecule has 0 radical (unpaired) electrons. The Morgan fingerprint density at radius 1 is 1.39 bits per heavy atom. The van der Waals surface area contributed by atoms with Crippen LogP contribution in [0.2, 0.25) is 0 Å². The van der Waals surface area contributed by atoms with Crippen molar-refractivity contribution >= 4 is 29.9 Å². The van der Waals surface area contributed by atoms with Crippen molar-refractivity contribution in [2.45, 2.75) is 39.7 Å². The van der Waals surface area contributed by atoms with Gasteiger partial charge in [0.25, 0.3) is 5.91 Å². The Balaban J connectivity index is 0.00000264. The Bertz CT molecular complexity index is 575. The fourth-order valence-corrected chi connectivity index (χ4v) is 2.66. The summed E-state index contributed by atoms with van der Waals surface area (Å²) in [5.41, 5.74) is 8.15. The molecule has 5 nitrogen and oxygen atoms in total. The van der Waals surface area contributed by atoms with Gasteiger partial charge in [0, 0.05) is 36.8 Å². The molecule has 0 bridgehead atoms. The predicted octanol–water partition coefficient (Wildman–Crippen LogP) is 2.57. The van der Waals surface area contributed by atoms with Gasteiger partial charge in [0.1, 0.15) is 0 Å². The van der Waals surface area contributed by atoms with Gasteiger partial charge in [-0.3, -0.25) is 9.59 Å². The summed E-state index contributed by atoms with van der Waals surface area (Å²) < 4.78 is 0. The van der Waals surface area contributed by atoms with Gasteiger partial charge in [-0.05, 0) is 43.0 Å². The molecule has 0 spiro atoms. The van der Waals surface area contributed by atoms with E-state index in [4.69, 9.17) is 5.73 Å². The van der Waals surface area contributed by atoms with Crippen LogP contribution in [0.15, 0.2) is 18.2 Å². The molecule has 0 aliphatic carbocycles. The van der Waals surface area contributed by atoms with Crippen molar-refractivity contribution in [1.29, 1.82) is 0 Å². The number of benzene rings is 1. The number of aryl methyl sites for hydroxylation is 1. The van der Waals surface area contributed by atoms with Gasteiger partial charge < -0.3 is 16.0 Å². The highest BCUT2D eigenvalue weighted by Crippen LogP contribution is 2.20. The molecule has 3 N–H and O–H groups in total. The van der Waals surface area contributed by atoms with Crippen LogP contribution in [0.25, 0.3) is 0 Å². The van der Waals surface area contributed by atoms with Crippen LogP contribution in [0.4, 0.5) is 5.69 Å². The molecule has 6 heteroatoms. The van der Waals surface area contributed by atoms with Crippen molar-refractivity contribution in [2.75, 3.05) is 18.4 Å². The molecule has 2 amide bonds. The van der Waals surface area contributed by atoms with Crippen LogP contribution >= 0.6 is 12.4 Å². The highest BCUT2D eigenvalue weighted by molar-refractivity contribution is 5.96. The van der Waals surface area contributed by atoms with Crippen molar-refractivity contribution < 1.29 is 9.59 Å². The maximum Gasteiger partial charge on any atom is 0.253 e. The molecule has 0 unspecified atom stereocenters. The Morgan fingerprint density at radius 2 is 2.09 bits per heavy atom. The van der Waals surface area contributed by atoms with Crippen LogP contribution in [0, 0.1) is 12.8 Å². The van der Waals surface area contributed by atoms with E-state index < -0.39 is 0 Å². The van der Waals surface area contributed by atoms with Gasteiger partial charge in [-0.2, -0.15) is 0 Å². The summed E-state index contributed by atoms with van der Waals surface area (Å²) in [4.78, 5) is 26.0. The van der Waals surface area contributed by atoms with E-state index in [0.29, 0.717) is 31.0 Å². The molecule has 23 heavy (non-hydrogen) atoms. The predicted molar refractivity (Wildman–Crippen MR) is 95.0 cm³/mol. The second-order valence-electron chi connectivity index (χ2n) is 6.48. The number of halogens is 1. The molecule has 2 rings (SSSR count). The van der Waals surface area contributed by atoms with Crippen LogP contribution in [0.1, 0.15) is 42.6 Å². The summed E-state index contributed by atoms with van der Waals surface area (Å²) >= 11 is 0. The fourth-order valence-electron chi connectivity index (χ4n) is 2.66. The van der Waals surface area contributed by atoms with Crippen LogP contribution in [-0.2, 0) is 4.79 Å². The zero-order valence-corrected chi connectivity index (χ0v) is 14.8. The molecule has 128 valence electrons. The molecule has 0 saturated carbocycles. The molecule has 1 aromatic carbocycles. The number of nitrogens with two attached hydrogens (primary N) is 1. The van der Waals surface area contributed by atoms with Gasteiger partial charge in [-0.1, -0.05) is 13.8 Å². The fraction of sp³-hybridized carbons (Fsp3) is 0.529. The van der Waals surface area contributed by atoms with Gasteiger partial charge in [-0.25, -0.2) is 0 Å². The van der Waals surface area contributed by atoms with E-state index in [9.17, 15) is 9.59 Å². The Kier molecular flexibility index (Phi) is 7.03. The van der Waals surface area contributed by atoms with Crippen LogP contribution < -0.4 is 11.1 Å². The average molecular weight is 340 g/mol. The van der Waals surface area contributed by atoms with E-state index in [-0.39, 0.29) is 30.3 Å². The second kappa shape index (κ2) is 8.31. The lowest BCUT2D eigenvalue weighted by atomic mass is 10.1. The zero-order chi connectivity index (χ0) is 16.3. The van der Waals surface area contributed by atoms with Gasteiger partial charge in [0.2, 0.25) is 5.91 Å². The standard InChI is InChI=1S/C17H25N3O2.ClH/c1-11(2)8-16(21)19-15-5-4-13(9-12(15)3)17(22)20-7-6-14(18)10-20;/h4-5,9,11,14H,6-8,10,18H2,1-3H3,(H,19,21);1H/t14-;/m1./s1. The highest BCUT2D eigenvalue weighted by atomic mass is 35.5. The molecular formula is C17H26ClN3O2. The van der Waals surface area contributed by atoms with E-state index in [1.807, 2.05) is 26.8 Å². The van der Waals surface area contributed by atoms with E-state index in [1.165, 1.54) is 0 Å². The number of hydrogen-bond donors (Lipinski definition) is 2. The Labute approximate surface area is 144 Å². The van der Waals surface area contributed by atoms with Crippen molar-refractivity contribution in [3.05, 3.63) is 29.3 Å². The number of hydrogen-bond acceptors (Lipinski definition) is 3. The monoisotopic (exact) mass is 339 g/mol. The topological polar surface area (TPSA) is 75.4 Å². The van der Waals surface area contributed by atoms with Gasteiger partial charge in [0.05, 0.1) is 0 Å². The number of carbonyl (C=O) groups excluding carboxylic acids is 2. The average Bonchev–Trinajstić information content (AvgIpc) is 2.86. The first-order valence-electron chi connectivity index (χ1n) is 7.82. The Hall–Kier alpha value is -1.59. The lowest BCUT2D eigenvalue weighted by Gasteiger charge is -2.17. The summed E-state index contributed by atoms with van der Waals surface area (Å²) in [6, 6.07) is 5.48. The SMILES string of the molecule is Cc1cc(C(=O)N2CC[C@@H](N)C2)ccc1NC(=O)CC(C)C.Cl. The molecule has 1 aliphatic rings. The van der Waals surface area contributed by atoms with Gasteiger partial charge in [-0.15, -0.1) is 12.4 Å². The van der Waals surface area contributed by atoms with Crippen molar-refractivity contribution in [2.24, 2.45) is 11.7 Å². The minimum absolute atomic E-state index is 0. The van der Waals surface area contributed by atoms with Crippen LogP contribution in [0.3, 0.4) is 0 Å². The molecule has 1 fully saturated rings. The van der Waals surface area contributed by atoms with Gasteiger partial charge in [0.15, 0.2) is 0 Å². The molecule has 1 aliphatic heterocycles. The third-order valence-corrected chi connectivity index (χ3v) is 3.85. The summed E-state index contributed by atoms with van der Waals surface area (Å²) in [5.74, 6) is 0.333.